The number of phenols is 1. The Kier molecular flexibility index (Phi) is 3.46. The molecule has 1 aliphatic rings. The number of hydrogen-bond donors (Lipinski definition) is 1. The number of hydrogen-bond acceptors (Lipinski definition) is 3. The highest BCUT2D eigenvalue weighted by atomic mass is 16.5. The standard InChI is InChI=1S/C13H19NO2/c1-10-7-12(8-13(15)11(10)2)9-14-3-5-16-6-4-14/h7-8,15H,3-6,9H2,1-2H3. The van der Waals surface area contributed by atoms with Gasteiger partial charge in [-0.2, -0.15) is 0 Å². The first kappa shape index (κ1) is 11.4. The van der Waals surface area contributed by atoms with Gasteiger partial charge < -0.3 is 9.84 Å². The lowest BCUT2D eigenvalue weighted by Gasteiger charge is -2.26. The van der Waals surface area contributed by atoms with E-state index >= 15 is 0 Å². The molecule has 1 saturated heterocycles. The zero-order valence-corrected chi connectivity index (χ0v) is 9.99. The monoisotopic (exact) mass is 221 g/mol. The summed E-state index contributed by atoms with van der Waals surface area (Å²) in [4.78, 5) is 2.35. The van der Waals surface area contributed by atoms with E-state index in [2.05, 4.69) is 11.0 Å². The van der Waals surface area contributed by atoms with Crippen molar-refractivity contribution < 1.29 is 9.84 Å². The SMILES string of the molecule is Cc1cc(CN2CCOCC2)cc(O)c1C. The van der Waals surface area contributed by atoms with Gasteiger partial charge in [0, 0.05) is 19.6 Å². The molecule has 1 aromatic rings. The van der Waals surface area contributed by atoms with Crippen LogP contribution in [0.25, 0.3) is 0 Å². The number of rotatable bonds is 2. The van der Waals surface area contributed by atoms with Gasteiger partial charge in [-0.25, -0.2) is 0 Å². The summed E-state index contributed by atoms with van der Waals surface area (Å²) < 4.78 is 5.31. The van der Waals surface area contributed by atoms with Crippen molar-refractivity contribution in [2.24, 2.45) is 0 Å². The van der Waals surface area contributed by atoms with Crippen molar-refractivity contribution in [1.29, 1.82) is 0 Å². The normalized spacial score (nSPS) is 17.6. The first-order valence-electron chi connectivity index (χ1n) is 5.76. The molecule has 1 fully saturated rings. The largest absolute Gasteiger partial charge is 0.508 e. The lowest BCUT2D eigenvalue weighted by atomic mass is 10.0. The molecule has 1 heterocycles. The van der Waals surface area contributed by atoms with Crippen LogP contribution in [0.3, 0.4) is 0 Å². The Hall–Kier alpha value is -1.06. The van der Waals surface area contributed by atoms with Crippen molar-refractivity contribution in [3.8, 4) is 5.75 Å². The maximum atomic E-state index is 9.77. The number of nitrogens with zero attached hydrogens (tertiary/aromatic N) is 1. The fourth-order valence-corrected chi connectivity index (χ4v) is 2.02. The van der Waals surface area contributed by atoms with Gasteiger partial charge in [0.2, 0.25) is 0 Å². The van der Waals surface area contributed by atoms with Crippen LogP contribution in [0.4, 0.5) is 0 Å². The van der Waals surface area contributed by atoms with Crippen LogP contribution in [0.2, 0.25) is 0 Å². The summed E-state index contributed by atoms with van der Waals surface area (Å²) in [7, 11) is 0. The molecule has 0 aliphatic carbocycles. The number of ether oxygens (including phenoxy) is 1. The summed E-state index contributed by atoms with van der Waals surface area (Å²) >= 11 is 0. The van der Waals surface area contributed by atoms with Crippen LogP contribution < -0.4 is 0 Å². The van der Waals surface area contributed by atoms with E-state index in [-0.39, 0.29) is 0 Å². The van der Waals surface area contributed by atoms with Crippen molar-refractivity contribution in [2.75, 3.05) is 26.3 Å². The summed E-state index contributed by atoms with van der Waals surface area (Å²) in [6.45, 7) is 8.48. The number of aryl methyl sites for hydroxylation is 1. The Morgan fingerprint density at radius 1 is 1.25 bits per heavy atom. The molecule has 0 radical (unpaired) electrons. The average Bonchev–Trinajstić information content (AvgIpc) is 2.27. The van der Waals surface area contributed by atoms with Crippen LogP contribution in [-0.4, -0.2) is 36.3 Å². The second-order valence-corrected chi connectivity index (χ2v) is 4.45. The van der Waals surface area contributed by atoms with Crippen molar-refractivity contribution in [2.45, 2.75) is 20.4 Å². The topological polar surface area (TPSA) is 32.7 Å². The first-order chi connectivity index (χ1) is 7.66. The van der Waals surface area contributed by atoms with Gasteiger partial charge in [0.25, 0.3) is 0 Å². The van der Waals surface area contributed by atoms with E-state index in [9.17, 15) is 5.11 Å². The Labute approximate surface area is 96.6 Å². The minimum Gasteiger partial charge on any atom is -0.508 e. The van der Waals surface area contributed by atoms with Gasteiger partial charge in [-0.1, -0.05) is 6.07 Å². The van der Waals surface area contributed by atoms with E-state index in [4.69, 9.17) is 4.74 Å². The highest BCUT2D eigenvalue weighted by Crippen LogP contribution is 2.22. The predicted molar refractivity (Wildman–Crippen MR) is 63.7 cm³/mol. The second-order valence-electron chi connectivity index (χ2n) is 4.45. The van der Waals surface area contributed by atoms with Gasteiger partial charge in [-0.15, -0.1) is 0 Å². The summed E-state index contributed by atoms with van der Waals surface area (Å²) in [6.07, 6.45) is 0. The van der Waals surface area contributed by atoms with Crippen LogP contribution in [0.5, 0.6) is 5.75 Å². The smallest absolute Gasteiger partial charge is 0.119 e. The van der Waals surface area contributed by atoms with Gasteiger partial charge in [-0.05, 0) is 36.6 Å². The van der Waals surface area contributed by atoms with E-state index < -0.39 is 0 Å². The van der Waals surface area contributed by atoms with E-state index in [1.807, 2.05) is 19.9 Å². The highest BCUT2D eigenvalue weighted by Gasteiger charge is 2.12. The third-order valence-corrected chi connectivity index (χ3v) is 3.21. The Bertz CT molecular complexity index is 347. The molecule has 0 aromatic heterocycles. The number of morpholine rings is 1. The molecular formula is C13H19NO2. The van der Waals surface area contributed by atoms with Gasteiger partial charge in [0.15, 0.2) is 0 Å². The maximum Gasteiger partial charge on any atom is 0.119 e. The highest BCUT2D eigenvalue weighted by molar-refractivity contribution is 5.41. The fraction of sp³-hybridized carbons (Fsp3) is 0.538. The van der Waals surface area contributed by atoms with E-state index in [1.165, 1.54) is 5.56 Å². The zero-order chi connectivity index (χ0) is 11.5. The maximum absolute atomic E-state index is 9.77. The summed E-state index contributed by atoms with van der Waals surface area (Å²) in [6, 6.07) is 4.03. The molecular weight excluding hydrogens is 202 g/mol. The number of phenolic OH excluding ortho intramolecular Hbond substituents is 1. The number of aromatic hydroxyl groups is 1. The summed E-state index contributed by atoms with van der Waals surface area (Å²) in [5.41, 5.74) is 3.32. The third-order valence-electron chi connectivity index (χ3n) is 3.21. The molecule has 3 heteroatoms. The van der Waals surface area contributed by atoms with Crippen molar-refractivity contribution >= 4 is 0 Å². The van der Waals surface area contributed by atoms with Gasteiger partial charge >= 0.3 is 0 Å². The fourth-order valence-electron chi connectivity index (χ4n) is 2.02. The molecule has 1 N–H and O–H groups in total. The van der Waals surface area contributed by atoms with Crippen LogP contribution in [0.15, 0.2) is 12.1 Å². The molecule has 1 aliphatic heterocycles. The van der Waals surface area contributed by atoms with Crippen LogP contribution >= 0.6 is 0 Å². The van der Waals surface area contributed by atoms with Crippen LogP contribution in [0.1, 0.15) is 16.7 Å². The minimum absolute atomic E-state index is 0.406. The van der Waals surface area contributed by atoms with Crippen molar-refractivity contribution in [1.82, 2.24) is 4.90 Å². The molecule has 3 nitrogen and oxygen atoms in total. The van der Waals surface area contributed by atoms with E-state index in [0.717, 1.165) is 44.0 Å². The van der Waals surface area contributed by atoms with E-state index in [0.29, 0.717) is 5.75 Å². The second kappa shape index (κ2) is 4.85. The first-order valence-corrected chi connectivity index (χ1v) is 5.76. The third kappa shape index (κ3) is 2.54. The molecule has 0 atom stereocenters. The lowest BCUT2D eigenvalue weighted by molar-refractivity contribution is 0.0341. The van der Waals surface area contributed by atoms with Crippen LogP contribution in [0, 0.1) is 13.8 Å². The average molecular weight is 221 g/mol. The molecule has 0 spiro atoms. The summed E-state index contributed by atoms with van der Waals surface area (Å²) in [5, 5.41) is 9.77. The minimum atomic E-state index is 0.406. The molecule has 2 rings (SSSR count). The number of benzene rings is 1. The van der Waals surface area contributed by atoms with Crippen molar-refractivity contribution in [3.05, 3.63) is 28.8 Å². The van der Waals surface area contributed by atoms with Crippen LogP contribution in [-0.2, 0) is 11.3 Å². The van der Waals surface area contributed by atoms with Gasteiger partial charge in [0.05, 0.1) is 13.2 Å². The van der Waals surface area contributed by atoms with Gasteiger partial charge in [0.1, 0.15) is 5.75 Å². The predicted octanol–water partition coefficient (Wildman–Crippen LogP) is 1.84. The molecule has 0 bridgehead atoms. The van der Waals surface area contributed by atoms with Crippen molar-refractivity contribution in [3.63, 3.8) is 0 Å². The molecule has 16 heavy (non-hydrogen) atoms. The lowest BCUT2D eigenvalue weighted by Crippen LogP contribution is -2.35. The summed E-state index contributed by atoms with van der Waals surface area (Å²) in [5.74, 6) is 0.406. The quantitative estimate of drug-likeness (QED) is 0.827. The molecule has 88 valence electrons. The zero-order valence-electron chi connectivity index (χ0n) is 9.99. The Morgan fingerprint density at radius 3 is 2.56 bits per heavy atom. The Morgan fingerprint density at radius 2 is 1.94 bits per heavy atom. The van der Waals surface area contributed by atoms with E-state index in [1.54, 1.807) is 0 Å². The van der Waals surface area contributed by atoms with Gasteiger partial charge in [-0.3, -0.25) is 4.90 Å². The molecule has 0 unspecified atom stereocenters. The Balaban J connectivity index is 2.09. The molecule has 1 aromatic carbocycles. The molecule has 0 amide bonds. The molecule has 0 saturated carbocycles.